The molecule has 5 nitrogen and oxygen atoms in total. The van der Waals surface area contributed by atoms with Crippen LogP contribution in [0, 0.1) is 11.6 Å². The molecule has 1 aliphatic heterocycles. The highest BCUT2D eigenvalue weighted by Gasteiger charge is 2.28. The highest BCUT2D eigenvalue weighted by Crippen LogP contribution is 2.30. The predicted octanol–water partition coefficient (Wildman–Crippen LogP) is 3.53. The van der Waals surface area contributed by atoms with Crippen molar-refractivity contribution in [3.05, 3.63) is 65.3 Å². The van der Waals surface area contributed by atoms with Gasteiger partial charge in [0, 0.05) is 36.6 Å². The summed E-state index contributed by atoms with van der Waals surface area (Å²) in [4.78, 5) is 10.5. The molecule has 1 aliphatic rings. The Balaban J connectivity index is 1.57. The molecular weight excluding hydrogens is 326 g/mol. The number of halogens is 2. The SMILES string of the molecule is C[C@@H](c1nc(-c2cccnc2)no1)N1CCc2c(F)ccc(F)c2C1. The second kappa shape index (κ2) is 6.33. The summed E-state index contributed by atoms with van der Waals surface area (Å²) < 4.78 is 33.3. The monoisotopic (exact) mass is 342 g/mol. The van der Waals surface area contributed by atoms with Gasteiger partial charge in [0.05, 0.1) is 6.04 Å². The summed E-state index contributed by atoms with van der Waals surface area (Å²) in [5.74, 6) is 0.180. The second-order valence-electron chi connectivity index (χ2n) is 6.08. The number of benzene rings is 1. The fourth-order valence-corrected chi connectivity index (χ4v) is 3.12. The zero-order chi connectivity index (χ0) is 17.4. The van der Waals surface area contributed by atoms with Gasteiger partial charge >= 0.3 is 0 Å². The third-order valence-corrected chi connectivity index (χ3v) is 4.59. The van der Waals surface area contributed by atoms with Crippen molar-refractivity contribution in [2.45, 2.75) is 25.9 Å². The molecule has 1 aromatic carbocycles. The largest absolute Gasteiger partial charge is 0.337 e. The van der Waals surface area contributed by atoms with E-state index in [1.54, 1.807) is 18.5 Å². The van der Waals surface area contributed by atoms with Crippen LogP contribution in [0.2, 0.25) is 0 Å². The summed E-state index contributed by atoms with van der Waals surface area (Å²) in [5.41, 5.74) is 1.64. The van der Waals surface area contributed by atoms with Crippen molar-refractivity contribution >= 4 is 0 Å². The summed E-state index contributed by atoms with van der Waals surface area (Å²) in [6.07, 6.45) is 3.79. The third kappa shape index (κ3) is 2.91. The lowest BCUT2D eigenvalue weighted by Crippen LogP contribution is -2.34. The van der Waals surface area contributed by atoms with E-state index < -0.39 is 0 Å². The number of hydrogen-bond acceptors (Lipinski definition) is 5. The molecule has 7 heteroatoms. The fourth-order valence-electron chi connectivity index (χ4n) is 3.12. The fraction of sp³-hybridized carbons (Fsp3) is 0.278. The number of fused-ring (bicyclic) bond motifs is 1. The summed E-state index contributed by atoms with van der Waals surface area (Å²) in [6, 6.07) is 5.81. The van der Waals surface area contributed by atoms with Gasteiger partial charge in [-0.25, -0.2) is 8.78 Å². The zero-order valence-corrected chi connectivity index (χ0v) is 13.6. The molecule has 0 N–H and O–H groups in total. The first kappa shape index (κ1) is 15.8. The summed E-state index contributed by atoms with van der Waals surface area (Å²) in [5, 5.41) is 3.99. The number of rotatable bonds is 3. The lowest BCUT2D eigenvalue weighted by molar-refractivity contribution is 0.154. The molecule has 4 rings (SSSR count). The summed E-state index contributed by atoms with van der Waals surface area (Å²) in [7, 11) is 0. The van der Waals surface area contributed by atoms with Gasteiger partial charge in [0.2, 0.25) is 11.7 Å². The van der Waals surface area contributed by atoms with Gasteiger partial charge in [-0.1, -0.05) is 5.16 Å². The van der Waals surface area contributed by atoms with Crippen LogP contribution in [0.3, 0.4) is 0 Å². The Hall–Kier alpha value is -2.67. The van der Waals surface area contributed by atoms with E-state index in [9.17, 15) is 8.78 Å². The van der Waals surface area contributed by atoms with Crippen molar-refractivity contribution in [2.24, 2.45) is 0 Å². The van der Waals surface area contributed by atoms with E-state index in [0.717, 1.165) is 5.56 Å². The van der Waals surface area contributed by atoms with Crippen molar-refractivity contribution in [1.29, 1.82) is 0 Å². The topological polar surface area (TPSA) is 55.1 Å². The lowest BCUT2D eigenvalue weighted by Gasteiger charge is -2.32. The Morgan fingerprint density at radius 1 is 1.16 bits per heavy atom. The molecule has 3 aromatic rings. The molecule has 0 fully saturated rings. The van der Waals surface area contributed by atoms with Crippen LogP contribution >= 0.6 is 0 Å². The molecule has 2 aromatic heterocycles. The molecule has 0 amide bonds. The molecular formula is C18H16F2N4O. The average molecular weight is 342 g/mol. The smallest absolute Gasteiger partial charge is 0.244 e. The highest BCUT2D eigenvalue weighted by atomic mass is 19.1. The second-order valence-corrected chi connectivity index (χ2v) is 6.08. The molecule has 3 heterocycles. The van der Waals surface area contributed by atoms with Crippen LogP contribution in [-0.4, -0.2) is 26.6 Å². The van der Waals surface area contributed by atoms with Crippen LogP contribution in [0.5, 0.6) is 0 Å². The maximum Gasteiger partial charge on any atom is 0.244 e. The maximum atomic E-state index is 14.1. The average Bonchev–Trinajstić information content (AvgIpc) is 3.15. The van der Waals surface area contributed by atoms with Gasteiger partial charge in [-0.3, -0.25) is 9.88 Å². The normalized spacial score (nSPS) is 15.8. The van der Waals surface area contributed by atoms with Crippen molar-refractivity contribution in [2.75, 3.05) is 6.54 Å². The first-order valence-electron chi connectivity index (χ1n) is 8.07. The van der Waals surface area contributed by atoms with E-state index in [1.807, 2.05) is 17.9 Å². The Bertz CT molecular complexity index is 897. The van der Waals surface area contributed by atoms with E-state index in [4.69, 9.17) is 4.52 Å². The Kier molecular flexibility index (Phi) is 4.01. The van der Waals surface area contributed by atoms with Gasteiger partial charge in [0.15, 0.2) is 0 Å². The standard InChI is InChI=1S/C18H16F2N4O/c1-11(18-22-17(23-25-18)12-3-2-7-21-9-12)24-8-6-13-14(10-24)16(20)5-4-15(13)19/h2-5,7,9,11H,6,8,10H2,1H3/t11-/m0/s1. The number of pyridine rings is 1. The Morgan fingerprint density at radius 3 is 2.72 bits per heavy atom. The van der Waals surface area contributed by atoms with Gasteiger partial charge in [0.25, 0.3) is 0 Å². The van der Waals surface area contributed by atoms with Gasteiger partial charge in [-0.05, 0) is 43.2 Å². The van der Waals surface area contributed by atoms with Crippen molar-refractivity contribution in [3.63, 3.8) is 0 Å². The Morgan fingerprint density at radius 2 is 1.96 bits per heavy atom. The van der Waals surface area contributed by atoms with E-state index in [1.165, 1.54) is 12.1 Å². The Labute approximate surface area is 143 Å². The molecule has 0 unspecified atom stereocenters. The first-order chi connectivity index (χ1) is 12.1. The summed E-state index contributed by atoms with van der Waals surface area (Å²) in [6.45, 7) is 2.83. The molecule has 1 atom stereocenters. The van der Waals surface area contributed by atoms with Gasteiger partial charge in [-0.2, -0.15) is 4.98 Å². The summed E-state index contributed by atoms with van der Waals surface area (Å²) >= 11 is 0. The molecule has 0 spiro atoms. The van der Waals surface area contributed by atoms with Crippen molar-refractivity contribution < 1.29 is 13.3 Å². The number of nitrogens with zero attached hydrogens (tertiary/aromatic N) is 4. The molecule has 0 aliphatic carbocycles. The van der Waals surface area contributed by atoms with Crippen molar-refractivity contribution in [1.82, 2.24) is 20.0 Å². The molecule has 0 saturated carbocycles. The lowest BCUT2D eigenvalue weighted by atomic mass is 9.97. The van der Waals surface area contributed by atoms with Crippen LogP contribution < -0.4 is 0 Å². The quantitative estimate of drug-likeness (QED) is 0.729. The van der Waals surface area contributed by atoms with Gasteiger partial charge in [-0.15, -0.1) is 0 Å². The minimum absolute atomic E-state index is 0.200. The van der Waals surface area contributed by atoms with E-state index in [0.29, 0.717) is 42.4 Å². The van der Waals surface area contributed by atoms with Crippen LogP contribution in [0.4, 0.5) is 8.78 Å². The van der Waals surface area contributed by atoms with Crippen LogP contribution in [0.15, 0.2) is 41.2 Å². The molecule has 25 heavy (non-hydrogen) atoms. The van der Waals surface area contributed by atoms with Crippen LogP contribution in [0.25, 0.3) is 11.4 Å². The number of hydrogen-bond donors (Lipinski definition) is 0. The number of aromatic nitrogens is 3. The molecule has 0 radical (unpaired) electrons. The zero-order valence-electron chi connectivity index (χ0n) is 13.6. The molecule has 128 valence electrons. The van der Waals surface area contributed by atoms with Crippen LogP contribution in [-0.2, 0) is 13.0 Å². The van der Waals surface area contributed by atoms with E-state index in [-0.39, 0.29) is 17.7 Å². The minimum Gasteiger partial charge on any atom is -0.337 e. The predicted molar refractivity (Wildman–Crippen MR) is 86.4 cm³/mol. The van der Waals surface area contributed by atoms with Gasteiger partial charge < -0.3 is 4.52 Å². The third-order valence-electron chi connectivity index (χ3n) is 4.59. The molecule has 0 bridgehead atoms. The minimum atomic E-state index is -0.380. The van der Waals surface area contributed by atoms with Crippen molar-refractivity contribution in [3.8, 4) is 11.4 Å². The van der Waals surface area contributed by atoms with Gasteiger partial charge in [0.1, 0.15) is 11.6 Å². The van der Waals surface area contributed by atoms with E-state index >= 15 is 0 Å². The van der Waals surface area contributed by atoms with Crippen LogP contribution in [0.1, 0.15) is 30.0 Å². The van der Waals surface area contributed by atoms with E-state index in [2.05, 4.69) is 15.1 Å². The maximum absolute atomic E-state index is 14.1. The first-order valence-corrected chi connectivity index (χ1v) is 8.07. The molecule has 0 saturated heterocycles. The highest BCUT2D eigenvalue weighted by molar-refractivity contribution is 5.51.